The molecule has 1 saturated heterocycles. The van der Waals surface area contributed by atoms with Gasteiger partial charge in [-0.3, -0.25) is 19.3 Å². The van der Waals surface area contributed by atoms with Crippen molar-refractivity contribution in [2.24, 2.45) is 23.7 Å². The lowest BCUT2D eigenvalue weighted by molar-refractivity contribution is -0.152. The van der Waals surface area contributed by atoms with E-state index in [1.54, 1.807) is 0 Å². The van der Waals surface area contributed by atoms with Gasteiger partial charge in [0.15, 0.2) is 0 Å². The first-order valence-electron chi connectivity index (χ1n) is 5.49. The van der Waals surface area contributed by atoms with E-state index >= 15 is 0 Å². The second-order valence-electron chi connectivity index (χ2n) is 4.79. The molecule has 5 nitrogen and oxygen atoms in total. The van der Waals surface area contributed by atoms with Crippen molar-refractivity contribution in [3.8, 4) is 0 Å². The summed E-state index contributed by atoms with van der Waals surface area (Å²) in [5.74, 6) is -3.29. The molecule has 4 unspecified atom stereocenters. The van der Waals surface area contributed by atoms with Gasteiger partial charge in [-0.15, -0.1) is 0 Å². The molecule has 5 heteroatoms. The molecule has 1 N–H and O–H groups in total. The fourth-order valence-electron chi connectivity index (χ4n) is 2.99. The summed E-state index contributed by atoms with van der Waals surface area (Å²) in [6.45, 7) is 1.84. The Morgan fingerprint density at radius 1 is 1.31 bits per heavy atom. The number of aliphatic carboxylic acids is 1. The molecule has 88 valence electrons. The van der Waals surface area contributed by atoms with Gasteiger partial charge in [0, 0.05) is 7.05 Å². The van der Waals surface area contributed by atoms with Crippen LogP contribution in [-0.2, 0) is 14.4 Å². The molecule has 0 aromatic rings. The third kappa shape index (κ3) is 1.34. The number of carbonyl (C=O) groups excluding carboxylic acids is 2. The maximum Gasteiger partial charge on any atom is 0.307 e. The van der Waals surface area contributed by atoms with Crippen LogP contribution in [0.15, 0.2) is 0 Å². The zero-order chi connectivity index (χ0) is 12.0. The van der Waals surface area contributed by atoms with Gasteiger partial charge in [0.05, 0.1) is 17.8 Å². The van der Waals surface area contributed by atoms with Gasteiger partial charge in [0.25, 0.3) is 0 Å². The van der Waals surface area contributed by atoms with Crippen molar-refractivity contribution in [1.82, 2.24) is 4.90 Å². The van der Waals surface area contributed by atoms with E-state index in [4.69, 9.17) is 5.11 Å². The zero-order valence-corrected chi connectivity index (χ0v) is 9.34. The van der Waals surface area contributed by atoms with Crippen LogP contribution in [0.25, 0.3) is 0 Å². The second kappa shape index (κ2) is 3.57. The minimum atomic E-state index is -0.960. The fraction of sp³-hybridized carbons (Fsp3) is 0.727. The molecule has 0 aromatic heterocycles. The van der Waals surface area contributed by atoms with E-state index in [9.17, 15) is 14.4 Å². The zero-order valence-electron chi connectivity index (χ0n) is 9.34. The number of rotatable bonds is 1. The number of nitrogens with zero attached hydrogens (tertiary/aromatic N) is 1. The van der Waals surface area contributed by atoms with E-state index in [1.165, 1.54) is 7.05 Å². The fourth-order valence-corrected chi connectivity index (χ4v) is 2.99. The second-order valence-corrected chi connectivity index (χ2v) is 4.79. The van der Waals surface area contributed by atoms with E-state index < -0.39 is 23.7 Å². The minimum absolute atomic E-state index is 0.0398. The maximum atomic E-state index is 11.9. The van der Waals surface area contributed by atoms with Gasteiger partial charge in [0.1, 0.15) is 0 Å². The number of fused-ring (bicyclic) bond motifs is 1. The standard InChI is InChI=1S/C11H15NO4/c1-5-3-4-6-8(7(5)11(15)16)10(14)12(2)9(6)13/h5-8H,3-4H2,1-2H3,(H,15,16). The maximum absolute atomic E-state index is 11.9. The van der Waals surface area contributed by atoms with E-state index in [0.717, 1.165) is 4.90 Å². The van der Waals surface area contributed by atoms with Crippen molar-refractivity contribution in [2.75, 3.05) is 7.05 Å². The number of amides is 2. The first-order valence-corrected chi connectivity index (χ1v) is 5.49. The molecule has 16 heavy (non-hydrogen) atoms. The highest BCUT2D eigenvalue weighted by atomic mass is 16.4. The molecule has 1 aliphatic heterocycles. The smallest absolute Gasteiger partial charge is 0.307 e. The molecule has 0 bridgehead atoms. The lowest BCUT2D eigenvalue weighted by Gasteiger charge is -2.32. The highest BCUT2D eigenvalue weighted by Gasteiger charge is 2.55. The average molecular weight is 225 g/mol. The number of hydrogen-bond acceptors (Lipinski definition) is 3. The largest absolute Gasteiger partial charge is 0.481 e. The van der Waals surface area contributed by atoms with Crippen LogP contribution < -0.4 is 0 Å². The molecule has 2 amide bonds. The summed E-state index contributed by atoms with van der Waals surface area (Å²) in [5, 5.41) is 9.16. The number of hydrogen-bond donors (Lipinski definition) is 1. The molecule has 1 saturated carbocycles. The van der Waals surface area contributed by atoms with Crippen LogP contribution in [0, 0.1) is 23.7 Å². The van der Waals surface area contributed by atoms with Gasteiger partial charge in [-0.25, -0.2) is 0 Å². The normalized spacial score (nSPS) is 38.8. The third-order valence-corrected chi connectivity index (χ3v) is 3.92. The van der Waals surface area contributed by atoms with Gasteiger partial charge in [-0.05, 0) is 18.8 Å². The monoisotopic (exact) mass is 225 g/mol. The Balaban J connectivity index is 2.37. The van der Waals surface area contributed by atoms with Crippen LogP contribution in [0.1, 0.15) is 19.8 Å². The molecular weight excluding hydrogens is 210 g/mol. The van der Waals surface area contributed by atoms with Crippen LogP contribution in [0.5, 0.6) is 0 Å². The number of imide groups is 1. The number of carbonyl (C=O) groups is 3. The van der Waals surface area contributed by atoms with E-state index in [1.807, 2.05) is 6.92 Å². The molecular formula is C11H15NO4. The highest BCUT2D eigenvalue weighted by Crippen LogP contribution is 2.44. The van der Waals surface area contributed by atoms with Crippen molar-refractivity contribution in [3.63, 3.8) is 0 Å². The van der Waals surface area contributed by atoms with Crippen LogP contribution in [0.4, 0.5) is 0 Å². The number of carboxylic acid groups (broad SMARTS) is 1. The SMILES string of the molecule is CC1CCC2C(=O)N(C)C(=O)C2C1C(=O)O. The summed E-state index contributed by atoms with van der Waals surface area (Å²) in [6.07, 6.45) is 1.33. The Kier molecular flexibility index (Phi) is 2.48. The third-order valence-electron chi connectivity index (χ3n) is 3.92. The molecule has 1 heterocycles. The molecule has 2 fully saturated rings. The molecule has 4 atom stereocenters. The number of carboxylic acids is 1. The Morgan fingerprint density at radius 3 is 2.50 bits per heavy atom. The highest BCUT2D eigenvalue weighted by molar-refractivity contribution is 6.06. The van der Waals surface area contributed by atoms with Gasteiger partial charge in [-0.2, -0.15) is 0 Å². The van der Waals surface area contributed by atoms with Crippen molar-refractivity contribution >= 4 is 17.8 Å². The lowest BCUT2D eigenvalue weighted by Crippen LogP contribution is -2.40. The molecule has 0 radical (unpaired) electrons. The first-order chi connectivity index (χ1) is 7.45. The predicted molar refractivity (Wildman–Crippen MR) is 54.3 cm³/mol. The molecule has 2 aliphatic rings. The van der Waals surface area contributed by atoms with Crippen LogP contribution in [-0.4, -0.2) is 34.8 Å². The minimum Gasteiger partial charge on any atom is -0.481 e. The summed E-state index contributed by atoms with van der Waals surface area (Å²) in [4.78, 5) is 35.9. The van der Waals surface area contributed by atoms with Crippen LogP contribution in [0.2, 0.25) is 0 Å². The summed E-state index contributed by atoms with van der Waals surface area (Å²) in [7, 11) is 1.44. The van der Waals surface area contributed by atoms with Crippen LogP contribution in [0.3, 0.4) is 0 Å². The average Bonchev–Trinajstić information content (AvgIpc) is 2.43. The van der Waals surface area contributed by atoms with Crippen molar-refractivity contribution in [1.29, 1.82) is 0 Å². The first kappa shape index (κ1) is 11.1. The van der Waals surface area contributed by atoms with Gasteiger partial charge in [0.2, 0.25) is 11.8 Å². The van der Waals surface area contributed by atoms with Gasteiger partial charge < -0.3 is 5.11 Å². The Morgan fingerprint density at radius 2 is 1.94 bits per heavy atom. The molecule has 1 aliphatic carbocycles. The van der Waals surface area contributed by atoms with Crippen LogP contribution >= 0.6 is 0 Å². The van der Waals surface area contributed by atoms with E-state index in [0.29, 0.717) is 12.8 Å². The Bertz CT molecular complexity index is 365. The van der Waals surface area contributed by atoms with Crippen molar-refractivity contribution < 1.29 is 19.5 Å². The van der Waals surface area contributed by atoms with E-state index in [-0.39, 0.29) is 17.7 Å². The van der Waals surface area contributed by atoms with Gasteiger partial charge >= 0.3 is 5.97 Å². The van der Waals surface area contributed by atoms with Crippen molar-refractivity contribution in [2.45, 2.75) is 19.8 Å². The van der Waals surface area contributed by atoms with Crippen molar-refractivity contribution in [3.05, 3.63) is 0 Å². The number of likely N-dealkylation sites (tertiary alicyclic amines) is 1. The molecule has 0 spiro atoms. The summed E-state index contributed by atoms with van der Waals surface area (Å²) in [6, 6.07) is 0. The van der Waals surface area contributed by atoms with E-state index in [2.05, 4.69) is 0 Å². The summed E-state index contributed by atoms with van der Waals surface area (Å²) >= 11 is 0. The summed E-state index contributed by atoms with van der Waals surface area (Å²) < 4.78 is 0. The topological polar surface area (TPSA) is 74.7 Å². The quantitative estimate of drug-likeness (QED) is 0.653. The lowest BCUT2D eigenvalue weighted by atomic mass is 9.68. The predicted octanol–water partition coefficient (Wildman–Crippen LogP) is 0.348. The van der Waals surface area contributed by atoms with Gasteiger partial charge in [-0.1, -0.05) is 6.92 Å². The Labute approximate surface area is 93.4 Å². The summed E-state index contributed by atoms with van der Waals surface area (Å²) in [5.41, 5.74) is 0. The Hall–Kier alpha value is -1.39. The molecule has 0 aromatic carbocycles. The molecule has 2 rings (SSSR count).